The number of carbonyl (C=O) groups is 3. The van der Waals surface area contributed by atoms with Crippen molar-refractivity contribution < 1.29 is 42.1 Å². The summed E-state index contributed by atoms with van der Waals surface area (Å²) in [7, 11) is 0. The molecule has 54 heavy (non-hydrogen) atoms. The molecule has 1 spiro atoms. The number of ether oxygens (including phenoxy) is 2. The van der Waals surface area contributed by atoms with E-state index in [2.05, 4.69) is 25.7 Å². The van der Waals surface area contributed by atoms with Crippen LogP contribution in [0.3, 0.4) is 0 Å². The Morgan fingerprint density at radius 2 is 1.91 bits per heavy atom. The van der Waals surface area contributed by atoms with E-state index in [9.17, 15) is 27.6 Å². The van der Waals surface area contributed by atoms with Crippen LogP contribution in [0.15, 0.2) is 72.9 Å². The van der Waals surface area contributed by atoms with E-state index in [-0.39, 0.29) is 58.0 Å². The number of nitrogens with one attached hydrogen (secondary N) is 2. The van der Waals surface area contributed by atoms with E-state index in [1.54, 1.807) is 56.4 Å². The summed E-state index contributed by atoms with van der Waals surface area (Å²) in [5.74, 6) is -2.19. The predicted molar refractivity (Wildman–Crippen MR) is 193 cm³/mol. The van der Waals surface area contributed by atoms with E-state index in [1.165, 1.54) is 28.9 Å². The fourth-order valence-electron chi connectivity index (χ4n) is 6.28. The SMILES string of the molecule is CCOC(=O)C1CC2(CC=C(c3cc(OC(c4ccc(Cl)cc4-n4ccc(C)n4)C(F)(F)F)nc(N)n3)CC2)CN1.O=C(O)CNC(=O)c1ccccc1. The number of hydrogen-bond donors (Lipinski definition) is 4. The van der Waals surface area contributed by atoms with Crippen LogP contribution in [0.1, 0.15) is 66.0 Å². The van der Waals surface area contributed by atoms with Gasteiger partial charge in [0, 0.05) is 35.0 Å². The molecule has 0 radical (unpaired) electrons. The second-order valence-corrected chi connectivity index (χ2v) is 13.3. The van der Waals surface area contributed by atoms with Gasteiger partial charge in [0.1, 0.15) is 12.6 Å². The van der Waals surface area contributed by atoms with Crippen molar-refractivity contribution in [3.63, 3.8) is 0 Å². The molecule has 17 heteroatoms. The molecule has 1 aliphatic carbocycles. The summed E-state index contributed by atoms with van der Waals surface area (Å²) in [4.78, 5) is 41.7. The predicted octanol–water partition coefficient (Wildman–Crippen LogP) is 5.87. The number of alkyl halides is 3. The number of carboxylic acid groups (broad SMARTS) is 1. The molecular weight excluding hydrogens is 731 g/mol. The Balaban J connectivity index is 0.000000365. The molecule has 286 valence electrons. The lowest BCUT2D eigenvalue weighted by Crippen LogP contribution is -2.32. The molecule has 0 saturated carbocycles. The fourth-order valence-corrected chi connectivity index (χ4v) is 6.44. The number of hydrogen-bond acceptors (Lipinski definition) is 10. The topological polar surface area (TPSA) is 184 Å². The van der Waals surface area contributed by atoms with Gasteiger partial charge in [-0.3, -0.25) is 14.4 Å². The first-order chi connectivity index (χ1) is 25.7. The number of halogens is 4. The van der Waals surface area contributed by atoms with Gasteiger partial charge in [0.25, 0.3) is 5.91 Å². The average Bonchev–Trinajstić information content (AvgIpc) is 3.76. The number of carboxylic acids is 1. The van der Waals surface area contributed by atoms with Crippen LogP contribution in [0.25, 0.3) is 11.3 Å². The molecule has 0 bridgehead atoms. The Kier molecular flexibility index (Phi) is 12.6. The van der Waals surface area contributed by atoms with Crippen molar-refractivity contribution in [1.82, 2.24) is 30.4 Å². The maximum absolute atomic E-state index is 14.4. The smallest absolute Gasteiger partial charge is 0.429 e. The van der Waals surface area contributed by atoms with Crippen molar-refractivity contribution >= 4 is 41.0 Å². The van der Waals surface area contributed by atoms with Gasteiger partial charge in [0.15, 0.2) is 0 Å². The molecule has 3 atom stereocenters. The molecule has 2 aromatic heterocycles. The quantitative estimate of drug-likeness (QED) is 0.142. The Labute approximate surface area is 313 Å². The largest absolute Gasteiger partial charge is 0.480 e. The maximum Gasteiger partial charge on any atom is 0.429 e. The van der Waals surface area contributed by atoms with Crippen LogP contribution in [0, 0.1) is 12.3 Å². The third-order valence-corrected chi connectivity index (χ3v) is 9.14. The summed E-state index contributed by atoms with van der Waals surface area (Å²) in [5.41, 5.74) is 8.08. The number of aliphatic carboxylic acids is 1. The van der Waals surface area contributed by atoms with E-state index in [1.807, 2.05) is 6.08 Å². The molecule has 13 nitrogen and oxygen atoms in total. The summed E-state index contributed by atoms with van der Waals surface area (Å²) in [6, 6.07) is 15.2. The van der Waals surface area contributed by atoms with Gasteiger partial charge in [0.05, 0.1) is 23.7 Å². The number of amides is 1. The number of anilines is 1. The van der Waals surface area contributed by atoms with E-state index >= 15 is 0 Å². The van der Waals surface area contributed by atoms with Crippen molar-refractivity contribution in [2.75, 3.05) is 25.4 Å². The highest BCUT2D eigenvalue weighted by Gasteiger charge is 2.46. The number of nitrogens with two attached hydrogens (primary N) is 1. The van der Waals surface area contributed by atoms with E-state index in [4.69, 9.17) is 31.9 Å². The summed E-state index contributed by atoms with van der Waals surface area (Å²) >= 11 is 6.13. The Hall–Kier alpha value is -5.48. The molecule has 4 aromatic rings. The number of allylic oxidation sites excluding steroid dienone is 2. The zero-order valence-electron chi connectivity index (χ0n) is 29.4. The number of nitrogens with zero attached hydrogens (tertiary/aromatic N) is 4. The zero-order valence-corrected chi connectivity index (χ0v) is 30.2. The van der Waals surface area contributed by atoms with Gasteiger partial charge in [-0.15, -0.1) is 0 Å². The lowest BCUT2D eigenvalue weighted by Gasteiger charge is -2.32. The summed E-state index contributed by atoms with van der Waals surface area (Å²) in [5, 5.41) is 18.3. The Morgan fingerprint density at radius 1 is 1.15 bits per heavy atom. The van der Waals surface area contributed by atoms with Gasteiger partial charge in [0.2, 0.25) is 17.9 Å². The third-order valence-electron chi connectivity index (χ3n) is 8.90. The lowest BCUT2D eigenvalue weighted by molar-refractivity contribution is -0.198. The minimum absolute atomic E-state index is 0.101. The number of benzene rings is 2. The van der Waals surface area contributed by atoms with Crippen molar-refractivity contribution in [3.05, 3.63) is 100 Å². The molecule has 3 unspecified atom stereocenters. The van der Waals surface area contributed by atoms with Crippen LogP contribution >= 0.6 is 11.6 Å². The zero-order chi connectivity index (χ0) is 39.0. The standard InChI is InChI=1S/C28H30ClF3N6O3.C9H9NO3/c1-3-40-25(39)21-14-27(15-34-21)9-6-17(7-10-27)20-13-23(36-26(33)35-20)41-24(28(30,31)32)19-5-4-18(29)12-22(19)38-11-8-16(2)37-38;11-8(12)6-10-9(13)7-4-2-1-3-5-7/h4-6,8,11-13,21,24,34H,3,7,9-10,14-15H2,1-2H3,(H2,33,35,36);1-5H,6H2,(H,10,13)(H,11,12). The summed E-state index contributed by atoms with van der Waals surface area (Å²) < 4.78 is 55.3. The normalized spacial score (nSPS) is 18.6. The van der Waals surface area contributed by atoms with Gasteiger partial charge >= 0.3 is 18.1 Å². The monoisotopic (exact) mass is 769 g/mol. The van der Waals surface area contributed by atoms with Gasteiger partial charge in [-0.1, -0.05) is 41.9 Å². The van der Waals surface area contributed by atoms with Gasteiger partial charge < -0.3 is 30.9 Å². The number of carbonyl (C=O) groups excluding carboxylic acids is 2. The third kappa shape index (κ3) is 10.1. The summed E-state index contributed by atoms with van der Waals surface area (Å²) in [6.45, 7) is 4.15. The molecule has 3 heterocycles. The van der Waals surface area contributed by atoms with Crippen molar-refractivity contribution in [1.29, 1.82) is 0 Å². The first kappa shape index (κ1) is 39.7. The number of aromatic nitrogens is 4. The number of nitrogen functional groups attached to an aromatic ring is 1. The van der Waals surface area contributed by atoms with Crippen LogP contribution in [0.2, 0.25) is 5.02 Å². The van der Waals surface area contributed by atoms with Crippen molar-refractivity contribution in [2.45, 2.75) is 57.9 Å². The van der Waals surface area contributed by atoms with Crippen LogP contribution in [0.5, 0.6) is 5.88 Å². The van der Waals surface area contributed by atoms with Crippen LogP contribution < -0.4 is 21.1 Å². The highest BCUT2D eigenvalue weighted by molar-refractivity contribution is 6.30. The second kappa shape index (κ2) is 17.1. The number of esters is 1. The molecule has 1 amide bonds. The van der Waals surface area contributed by atoms with E-state index in [0.717, 1.165) is 12.0 Å². The Bertz CT molecular complexity index is 2010. The van der Waals surface area contributed by atoms with E-state index in [0.29, 0.717) is 49.4 Å². The molecule has 1 saturated heterocycles. The average molecular weight is 770 g/mol. The van der Waals surface area contributed by atoms with E-state index < -0.39 is 18.2 Å². The molecule has 2 aliphatic rings. The van der Waals surface area contributed by atoms with Crippen LogP contribution in [0.4, 0.5) is 19.1 Å². The molecular formula is C37H39ClF3N7O6. The molecule has 2 aromatic carbocycles. The first-order valence-corrected chi connectivity index (χ1v) is 17.4. The Morgan fingerprint density at radius 3 is 2.54 bits per heavy atom. The van der Waals surface area contributed by atoms with Crippen LogP contribution in [-0.2, 0) is 14.3 Å². The van der Waals surface area contributed by atoms with Crippen molar-refractivity contribution in [3.8, 4) is 11.6 Å². The number of aryl methyl sites for hydroxylation is 1. The highest BCUT2D eigenvalue weighted by atomic mass is 35.5. The van der Waals surface area contributed by atoms with Crippen LogP contribution in [-0.4, -0.2) is 74.6 Å². The van der Waals surface area contributed by atoms with Gasteiger partial charge in [-0.2, -0.15) is 23.3 Å². The minimum atomic E-state index is -4.80. The molecule has 5 N–H and O–H groups in total. The lowest BCUT2D eigenvalue weighted by atomic mass is 9.73. The molecule has 6 rings (SSSR count). The number of rotatable bonds is 10. The molecule has 1 fully saturated rings. The summed E-state index contributed by atoms with van der Waals surface area (Å²) in [6.07, 6.45) is -0.921. The first-order valence-electron chi connectivity index (χ1n) is 17.0. The maximum atomic E-state index is 14.4. The molecule has 1 aliphatic heterocycles. The second-order valence-electron chi connectivity index (χ2n) is 12.9. The highest BCUT2D eigenvalue weighted by Crippen LogP contribution is 2.45. The van der Waals surface area contributed by atoms with Gasteiger partial charge in [-0.05, 0) is 80.9 Å². The van der Waals surface area contributed by atoms with Gasteiger partial charge in [-0.25, -0.2) is 9.67 Å². The minimum Gasteiger partial charge on any atom is -0.480 e. The van der Waals surface area contributed by atoms with Crippen molar-refractivity contribution in [2.24, 2.45) is 5.41 Å². The fraction of sp³-hybridized carbons (Fsp3) is 0.351.